The van der Waals surface area contributed by atoms with Gasteiger partial charge in [-0.05, 0) is 30.3 Å². The van der Waals surface area contributed by atoms with Gasteiger partial charge < -0.3 is 14.8 Å². The highest BCUT2D eigenvalue weighted by atomic mass is 16.6. The molecule has 132 valence electrons. The van der Waals surface area contributed by atoms with Crippen molar-refractivity contribution in [2.24, 2.45) is 0 Å². The van der Waals surface area contributed by atoms with Crippen LogP contribution in [0, 0.1) is 12.3 Å². The number of likely N-dealkylation sites (N-methyl/N-ethyl adjacent to an activating group) is 1. The Kier molecular flexibility index (Phi) is 5.09. The molecular weight excluding hydrogens is 332 g/mol. The molecule has 1 N–H and O–H groups in total. The normalized spacial score (nSPS) is 14.8. The summed E-state index contributed by atoms with van der Waals surface area (Å²) in [7, 11) is 1.51. The average molecular weight is 350 g/mol. The molecule has 1 unspecified atom stereocenters. The van der Waals surface area contributed by atoms with Crippen LogP contribution in [0.2, 0.25) is 0 Å². The average Bonchev–Trinajstić information content (AvgIpc) is 2.70. The lowest BCUT2D eigenvalue weighted by atomic mass is 10.1. The monoisotopic (exact) mass is 350 g/mol. The third-order valence-electron chi connectivity index (χ3n) is 3.96. The number of anilines is 1. The van der Waals surface area contributed by atoms with Crippen molar-refractivity contribution in [3.8, 4) is 23.8 Å². The van der Waals surface area contributed by atoms with Gasteiger partial charge in [0, 0.05) is 18.3 Å². The zero-order valence-electron chi connectivity index (χ0n) is 14.3. The molecule has 0 aliphatic carbocycles. The molecule has 0 aromatic heterocycles. The minimum atomic E-state index is -0.857. The number of hydrogen-bond donors (Lipinski definition) is 1. The second-order valence-electron chi connectivity index (χ2n) is 5.66. The second-order valence-corrected chi connectivity index (χ2v) is 5.66. The lowest BCUT2D eigenvalue weighted by molar-refractivity contribution is -0.129. The first kappa shape index (κ1) is 17.4. The van der Waals surface area contributed by atoms with Crippen molar-refractivity contribution in [3.05, 3.63) is 54.1 Å². The van der Waals surface area contributed by atoms with Crippen molar-refractivity contribution in [3.63, 3.8) is 0 Å². The molecular formula is C20H18N2O4. The fourth-order valence-electron chi connectivity index (χ4n) is 2.60. The highest BCUT2D eigenvalue weighted by Gasteiger charge is 2.32. The maximum atomic E-state index is 13.0. The number of benzene rings is 2. The third-order valence-corrected chi connectivity index (χ3v) is 3.96. The van der Waals surface area contributed by atoms with Crippen molar-refractivity contribution in [1.29, 1.82) is 0 Å². The number of para-hydroxylation sites is 2. The lowest BCUT2D eigenvalue weighted by Crippen LogP contribution is -2.49. The summed E-state index contributed by atoms with van der Waals surface area (Å²) in [4.78, 5) is 26.3. The molecule has 1 aliphatic rings. The first-order chi connectivity index (χ1) is 12.6. The van der Waals surface area contributed by atoms with Crippen molar-refractivity contribution >= 4 is 17.5 Å². The number of amides is 2. The summed E-state index contributed by atoms with van der Waals surface area (Å²) < 4.78 is 11.4. The van der Waals surface area contributed by atoms with Crippen LogP contribution < -0.4 is 19.7 Å². The molecule has 0 fully saturated rings. The van der Waals surface area contributed by atoms with Crippen LogP contribution in [0.1, 0.15) is 5.56 Å². The van der Waals surface area contributed by atoms with E-state index in [9.17, 15) is 9.59 Å². The van der Waals surface area contributed by atoms with Crippen LogP contribution in [0.3, 0.4) is 0 Å². The fourth-order valence-corrected chi connectivity index (χ4v) is 2.60. The molecule has 6 nitrogen and oxygen atoms in total. The van der Waals surface area contributed by atoms with Crippen LogP contribution in [-0.4, -0.2) is 38.1 Å². The van der Waals surface area contributed by atoms with Gasteiger partial charge in [0.15, 0.2) is 11.5 Å². The Labute approximate surface area is 151 Å². The molecule has 0 saturated heterocycles. The molecule has 3 rings (SSSR count). The summed E-state index contributed by atoms with van der Waals surface area (Å²) in [5.41, 5.74) is 1.14. The molecule has 1 atom stereocenters. The van der Waals surface area contributed by atoms with Gasteiger partial charge in [-0.3, -0.25) is 14.5 Å². The number of nitrogens with zero attached hydrogens (tertiary/aromatic N) is 1. The predicted molar refractivity (Wildman–Crippen MR) is 97.1 cm³/mol. The largest absolute Gasteiger partial charge is 0.485 e. The molecule has 0 radical (unpaired) electrons. The third kappa shape index (κ3) is 3.62. The standard InChI is InChI=1S/C20H18N2O4/c1-3-14-7-6-8-15(11-14)22(12-19(23)21-2)20(24)18-13-25-16-9-4-5-10-17(16)26-18/h1,4-11,18H,12-13H2,2H3,(H,21,23). The van der Waals surface area contributed by atoms with E-state index in [2.05, 4.69) is 11.2 Å². The molecule has 0 spiro atoms. The molecule has 0 saturated carbocycles. The Balaban J connectivity index is 1.88. The summed E-state index contributed by atoms with van der Waals surface area (Å²) in [6.07, 6.45) is 4.58. The summed E-state index contributed by atoms with van der Waals surface area (Å²) in [6, 6.07) is 14.0. The van der Waals surface area contributed by atoms with Crippen LogP contribution in [0.4, 0.5) is 5.69 Å². The van der Waals surface area contributed by atoms with E-state index in [1.165, 1.54) is 11.9 Å². The zero-order valence-corrected chi connectivity index (χ0v) is 14.3. The van der Waals surface area contributed by atoms with Crippen LogP contribution in [0.15, 0.2) is 48.5 Å². The van der Waals surface area contributed by atoms with Gasteiger partial charge in [0.1, 0.15) is 13.2 Å². The number of rotatable bonds is 4. The van der Waals surface area contributed by atoms with Gasteiger partial charge in [-0.2, -0.15) is 0 Å². The predicted octanol–water partition coefficient (Wildman–Crippen LogP) is 1.59. The highest BCUT2D eigenvalue weighted by molar-refractivity contribution is 6.01. The van der Waals surface area contributed by atoms with E-state index < -0.39 is 6.10 Å². The maximum Gasteiger partial charge on any atom is 0.272 e. The van der Waals surface area contributed by atoms with E-state index in [0.29, 0.717) is 22.7 Å². The van der Waals surface area contributed by atoms with Crippen LogP contribution in [0.5, 0.6) is 11.5 Å². The van der Waals surface area contributed by atoms with Crippen LogP contribution in [0.25, 0.3) is 0 Å². The van der Waals surface area contributed by atoms with E-state index >= 15 is 0 Å². The SMILES string of the molecule is C#Cc1cccc(N(CC(=O)NC)C(=O)C2COc3ccccc3O2)c1. The van der Waals surface area contributed by atoms with E-state index in [0.717, 1.165) is 0 Å². The van der Waals surface area contributed by atoms with E-state index in [-0.39, 0.29) is 25.0 Å². The summed E-state index contributed by atoms with van der Waals surface area (Å²) in [5.74, 6) is 2.93. The Morgan fingerprint density at radius 1 is 1.23 bits per heavy atom. The molecule has 6 heteroatoms. The topological polar surface area (TPSA) is 67.9 Å². The summed E-state index contributed by atoms with van der Waals surface area (Å²) >= 11 is 0. The first-order valence-electron chi connectivity index (χ1n) is 8.09. The number of carbonyl (C=O) groups excluding carboxylic acids is 2. The molecule has 2 amide bonds. The molecule has 1 aliphatic heterocycles. The number of hydrogen-bond acceptors (Lipinski definition) is 4. The van der Waals surface area contributed by atoms with Gasteiger partial charge in [0.05, 0.1) is 0 Å². The van der Waals surface area contributed by atoms with Crippen LogP contribution in [-0.2, 0) is 9.59 Å². The molecule has 2 aromatic carbocycles. The van der Waals surface area contributed by atoms with Gasteiger partial charge in [0.25, 0.3) is 5.91 Å². The number of nitrogens with one attached hydrogen (secondary N) is 1. The first-order valence-corrected chi connectivity index (χ1v) is 8.09. The summed E-state index contributed by atoms with van der Waals surface area (Å²) in [5, 5.41) is 2.52. The number of carbonyl (C=O) groups is 2. The lowest BCUT2D eigenvalue weighted by Gasteiger charge is -2.30. The number of ether oxygens (including phenoxy) is 2. The quantitative estimate of drug-likeness (QED) is 0.851. The van der Waals surface area contributed by atoms with Gasteiger partial charge >= 0.3 is 0 Å². The molecule has 2 aromatic rings. The highest BCUT2D eigenvalue weighted by Crippen LogP contribution is 2.31. The zero-order chi connectivity index (χ0) is 18.5. The molecule has 26 heavy (non-hydrogen) atoms. The van der Waals surface area contributed by atoms with Crippen molar-refractivity contribution in [1.82, 2.24) is 5.32 Å². The minimum absolute atomic E-state index is 0.0644. The van der Waals surface area contributed by atoms with Crippen molar-refractivity contribution in [2.45, 2.75) is 6.10 Å². The van der Waals surface area contributed by atoms with E-state index in [1.807, 2.05) is 6.07 Å². The minimum Gasteiger partial charge on any atom is -0.485 e. The molecule has 1 heterocycles. The van der Waals surface area contributed by atoms with Crippen LogP contribution >= 0.6 is 0 Å². The summed E-state index contributed by atoms with van der Waals surface area (Å²) in [6.45, 7) is -0.0835. The smallest absolute Gasteiger partial charge is 0.272 e. The van der Waals surface area contributed by atoms with Crippen molar-refractivity contribution < 1.29 is 19.1 Å². The van der Waals surface area contributed by atoms with Gasteiger partial charge in [-0.15, -0.1) is 6.42 Å². The number of terminal acetylenes is 1. The van der Waals surface area contributed by atoms with E-state index in [4.69, 9.17) is 15.9 Å². The Hall–Kier alpha value is -3.46. The Bertz CT molecular complexity index is 872. The second kappa shape index (κ2) is 7.62. The maximum absolute atomic E-state index is 13.0. The molecule has 0 bridgehead atoms. The van der Waals surface area contributed by atoms with Gasteiger partial charge in [0.2, 0.25) is 12.0 Å². The Morgan fingerprint density at radius 2 is 2.00 bits per heavy atom. The number of fused-ring (bicyclic) bond motifs is 1. The fraction of sp³-hybridized carbons (Fsp3) is 0.200. The Morgan fingerprint density at radius 3 is 2.73 bits per heavy atom. The van der Waals surface area contributed by atoms with Gasteiger partial charge in [-0.1, -0.05) is 24.1 Å². The van der Waals surface area contributed by atoms with E-state index in [1.54, 1.807) is 42.5 Å². The van der Waals surface area contributed by atoms with Gasteiger partial charge in [-0.25, -0.2) is 0 Å². The van der Waals surface area contributed by atoms with Crippen molar-refractivity contribution in [2.75, 3.05) is 25.1 Å².